The lowest BCUT2D eigenvalue weighted by Crippen LogP contribution is -2.44. The van der Waals surface area contributed by atoms with Crippen LogP contribution in [0.15, 0.2) is 30.3 Å². The van der Waals surface area contributed by atoms with E-state index in [1.165, 1.54) is 24.8 Å². The highest BCUT2D eigenvalue weighted by atomic mass is 16.1. The maximum Gasteiger partial charge on any atom is 0.223 e. The van der Waals surface area contributed by atoms with Crippen LogP contribution in [0.4, 0.5) is 0 Å². The summed E-state index contributed by atoms with van der Waals surface area (Å²) in [5, 5.41) is 3.11. The average Bonchev–Trinajstić information content (AvgIpc) is 2.94. The van der Waals surface area contributed by atoms with Gasteiger partial charge in [0.15, 0.2) is 0 Å². The largest absolute Gasteiger partial charge is 0.352 e. The molecule has 1 saturated carbocycles. The van der Waals surface area contributed by atoms with Crippen LogP contribution in [0.3, 0.4) is 0 Å². The van der Waals surface area contributed by atoms with Crippen LogP contribution in [0.5, 0.6) is 0 Å². The van der Waals surface area contributed by atoms with Crippen LogP contribution in [0.2, 0.25) is 0 Å². The number of hydrogen-bond donors (Lipinski definition) is 1. The van der Waals surface area contributed by atoms with Gasteiger partial charge < -0.3 is 10.2 Å². The van der Waals surface area contributed by atoms with E-state index in [1.54, 1.807) is 0 Å². The van der Waals surface area contributed by atoms with Gasteiger partial charge in [-0.25, -0.2) is 0 Å². The summed E-state index contributed by atoms with van der Waals surface area (Å²) >= 11 is 0. The van der Waals surface area contributed by atoms with Gasteiger partial charge in [0, 0.05) is 18.5 Å². The van der Waals surface area contributed by atoms with Crippen molar-refractivity contribution < 1.29 is 4.79 Å². The fourth-order valence-electron chi connectivity index (χ4n) is 4.17. The first kappa shape index (κ1) is 16.5. The number of rotatable bonds is 4. The van der Waals surface area contributed by atoms with E-state index in [9.17, 15) is 4.79 Å². The fourth-order valence-corrected chi connectivity index (χ4v) is 4.17. The summed E-state index contributed by atoms with van der Waals surface area (Å²) in [4.78, 5) is 15.0. The molecule has 0 radical (unpaired) electrons. The molecule has 1 amide bonds. The van der Waals surface area contributed by atoms with Gasteiger partial charge in [-0.1, -0.05) is 44.2 Å². The molecular weight excluding hydrogens is 284 g/mol. The number of hydrogen-bond acceptors (Lipinski definition) is 2. The fraction of sp³-hybridized carbons (Fsp3) is 0.650. The first-order chi connectivity index (χ1) is 11.0. The number of likely N-dealkylation sites (tertiary alicyclic amines) is 1. The Morgan fingerprint density at radius 3 is 2.48 bits per heavy atom. The van der Waals surface area contributed by atoms with Gasteiger partial charge in [-0.15, -0.1) is 0 Å². The zero-order chi connectivity index (χ0) is 16.3. The maximum absolute atomic E-state index is 12.4. The molecule has 1 unspecified atom stereocenters. The summed E-state index contributed by atoms with van der Waals surface area (Å²) < 4.78 is 0. The lowest BCUT2D eigenvalue weighted by Gasteiger charge is -2.36. The number of amides is 1. The second-order valence-electron chi connectivity index (χ2n) is 8.07. The van der Waals surface area contributed by atoms with Crippen molar-refractivity contribution in [1.29, 1.82) is 0 Å². The van der Waals surface area contributed by atoms with Crippen LogP contribution in [0, 0.1) is 11.3 Å². The number of piperidine rings is 1. The monoisotopic (exact) mass is 314 g/mol. The Bertz CT molecular complexity index is 518. The molecule has 1 aliphatic heterocycles. The average molecular weight is 314 g/mol. The molecule has 1 aliphatic carbocycles. The predicted octanol–water partition coefficient (Wildman–Crippen LogP) is 3.59. The second kappa shape index (κ2) is 7.04. The number of nitrogens with one attached hydrogen (secondary N) is 1. The minimum atomic E-state index is 0.198. The normalized spacial score (nSPS) is 25.4. The Balaban J connectivity index is 1.43. The third kappa shape index (κ3) is 4.35. The van der Waals surface area contributed by atoms with E-state index in [4.69, 9.17) is 0 Å². The Labute approximate surface area is 140 Å². The van der Waals surface area contributed by atoms with Crippen molar-refractivity contribution in [1.82, 2.24) is 10.2 Å². The molecule has 3 heteroatoms. The zero-order valence-corrected chi connectivity index (χ0v) is 14.6. The lowest BCUT2D eigenvalue weighted by molar-refractivity contribution is -0.126. The molecule has 126 valence electrons. The van der Waals surface area contributed by atoms with E-state index in [0.29, 0.717) is 12.0 Å². The highest BCUT2D eigenvalue weighted by molar-refractivity contribution is 5.78. The molecule has 0 bridgehead atoms. The Hall–Kier alpha value is -1.35. The van der Waals surface area contributed by atoms with Gasteiger partial charge in [-0.05, 0) is 56.2 Å². The third-order valence-corrected chi connectivity index (χ3v) is 5.67. The molecule has 2 fully saturated rings. The Morgan fingerprint density at radius 1 is 1.17 bits per heavy atom. The minimum absolute atomic E-state index is 0.198. The van der Waals surface area contributed by atoms with Crippen molar-refractivity contribution in [2.75, 3.05) is 13.1 Å². The molecule has 1 aromatic carbocycles. The SMILES string of the molecule is CC1(C)CCC(N2CCC(C(=O)NCc3ccccc3)CC2)C1. The lowest BCUT2D eigenvalue weighted by atomic mass is 9.90. The first-order valence-corrected chi connectivity index (χ1v) is 9.09. The predicted molar refractivity (Wildman–Crippen MR) is 94.0 cm³/mol. The van der Waals surface area contributed by atoms with E-state index in [-0.39, 0.29) is 11.8 Å². The summed E-state index contributed by atoms with van der Waals surface area (Å²) in [7, 11) is 0. The number of carbonyl (C=O) groups excluding carboxylic acids is 1. The highest BCUT2D eigenvalue weighted by Crippen LogP contribution is 2.40. The first-order valence-electron chi connectivity index (χ1n) is 9.09. The molecular formula is C20H30N2O. The van der Waals surface area contributed by atoms with Crippen LogP contribution < -0.4 is 5.32 Å². The van der Waals surface area contributed by atoms with E-state index in [1.807, 2.05) is 18.2 Å². The molecule has 23 heavy (non-hydrogen) atoms. The topological polar surface area (TPSA) is 32.3 Å². The van der Waals surface area contributed by atoms with E-state index < -0.39 is 0 Å². The molecule has 1 saturated heterocycles. The van der Waals surface area contributed by atoms with Crippen molar-refractivity contribution >= 4 is 5.91 Å². The standard InChI is InChI=1S/C20H30N2O/c1-20(2)11-8-18(14-20)22-12-9-17(10-13-22)19(23)21-15-16-6-4-3-5-7-16/h3-7,17-18H,8-15H2,1-2H3,(H,21,23). The van der Waals surface area contributed by atoms with Crippen molar-refractivity contribution in [3.8, 4) is 0 Å². The molecule has 3 nitrogen and oxygen atoms in total. The van der Waals surface area contributed by atoms with Crippen molar-refractivity contribution in [2.45, 2.75) is 58.5 Å². The van der Waals surface area contributed by atoms with Crippen molar-refractivity contribution in [2.24, 2.45) is 11.3 Å². The molecule has 2 aliphatic rings. The van der Waals surface area contributed by atoms with E-state index >= 15 is 0 Å². The van der Waals surface area contributed by atoms with Gasteiger partial charge in [0.05, 0.1) is 0 Å². The molecule has 1 atom stereocenters. The Kier molecular flexibility index (Phi) is 5.05. The van der Waals surface area contributed by atoms with Crippen molar-refractivity contribution in [3.05, 3.63) is 35.9 Å². The van der Waals surface area contributed by atoms with E-state index in [2.05, 4.69) is 36.2 Å². The summed E-state index contributed by atoms with van der Waals surface area (Å²) in [6.45, 7) is 7.60. The smallest absolute Gasteiger partial charge is 0.223 e. The van der Waals surface area contributed by atoms with Crippen LogP contribution in [-0.2, 0) is 11.3 Å². The number of nitrogens with zero attached hydrogens (tertiary/aromatic N) is 1. The Morgan fingerprint density at radius 2 is 1.87 bits per heavy atom. The third-order valence-electron chi connectivity index (χ3n) is 5.67. The maximum atomic E-state index is 12.4. The van der Waals surface area contributed by atoms with Gasteiger partial charge in [0.25, 0.3) is 0 Å². The zero-order valence-electron chi connectivity index (χ0n) is 14.6. The molecule has 1 N–H and O–H groups in total. The van der Waals surface area contributed by atoms with Crippen LogP contribution >= 0.6 is 0 Å². The van der Waals surface area contributed by atoms with Gasteiger partial charge in [0.2, 0.25) is 5.91 Å². The van der Waals surface area contributed by atoms with E-state index in [0.717, 1.165) is 32.0 Å². The number of benzene rings is 1. The van der Waals surface area contributed by atoms with Crippen LogP contribution in [0.25, 0.3) is 0 Å². The molecule has 1 aromatic rings. The van der Waals surface area contributed by atoms with Crippen LogP contribution in [0.1, 0.15) is 51.5 Å². The summed E-state index contributed by atoms with van der Waals surface area (Å²) in [5.74, 6) is 0.435. The summed E-state index contributed by atoms with van der Waals surface area (Å²) in [6, 6.07) is 10.9. The van der Waals surface area contributed by atoms with Gasteiger partial charge in [-0.3, -0.25) is 4.79 Å². The molecule has 1 heterocycles. The number of carbonyl (C=O) groups is 1. The quantitative estimate of drug-likeness (QED) is 0.921. The van der Waals surface area contributed by atoms with Crippen molar-refractivity contribution in [3.63, 3.8) is 0 Å². The van der Waals surface area contributed by atoms with Crippen LogP contribution in [-0.4, -0.2) is 29.9 Å². The molecule has 0 aromatic heterocycles. The highest BCUT2D eigenvalue weighted by Gasteiger charge is 2.36. The van der Waals surface area contributed by atoms with Gasteiger partial charge in [0.1, 0.15) is 0 Å². The van der Waals surface area contributed by atoms with Gasteiger partial charge >= 0.3 is 0 Å². The molecule has 0 spiro atoms. The summed E-state index contributed by atoms with van der Waals surface area (Å²) in [6.07, 6.45) is 6.01. The minimum Gasteiger partial charge on any atom is -0.352 e. The summed E-state index contributed by atoms with van der Waals surface area (Å²) in [5.41, 5.74) is 1.68. The molecule has 3 rings (SSSR count). The van der Waals surface area contributed by atoms with Gasteiger partial charge in [-0.2, -0.15) is 0 Å². The second-order valence-corrected chi connectivity index (χ2v) is 8.07.